The number of aryl methyl sites for hydroxylation is 1. The van der Waals surface area contributed by atoms with Crippen molar-refractivity contribution in [1.29, 1.82) is 0 Å². The van der Waals surface area contributed by atoms with E-state index in [9.17, 15) is 13.0 Å². The minimum Gasteiger partial charge on any atom is -0.282 e. The number of rotatable bonds is 29. The van der Waals surface area contributed by atoms with Crippen molar-refractivity contribution in [2.75, 3.05) is 0 Å². The van der Waals surface area contributed by atoms with Gasteiger partial charge in [-0.05, 0) is 60.8 Å². The lowest BCUT2D eigenvalue weighted by Crippen LogP contribution is -2.12. The van der Waals surface area contributed by atoms with Crippen LogP contribution in [0.5, 0.6) is 0 Å². The molecule has 4 heteroatoms. The van der Waals surface area contributed by atoms with E-state index < -0.39 is 10.1 Å². The molecule has 1 rings (SSSR count). The Morgan fingerprint density at radius 3 is 1.38 bits per heavy atom. The second-order valence-electron chi connectivity index (χ2n) is 13.2. The summed E-state index contributed by atoms with van der Waals surface area (Å²) >= 11 is 0. The van der Waals surface area contributed by atoms with Crippen LogP contribution in [0, 0.1) is 0 Å². The molecule has 0 spiro atoms. The highest BCUT2D eigenvalue weighted by Crippen LogP contribution is 2.35. The summed E-state index contributed by atoms with van der Waals surface area (Å²) in [6.45, 7) is 8.97. The van der Waals surface area contributed by atoms with Gasteiger partial charge in [-0.3, -0.25) is 4.55 Å². The fourth-order valence-electron chi connectivity index (χ4n) is 6.60. The predicted molar refractivity (Wildman–Crippen MR) is 185 cm³/mol. The maximum Gasteiger partial charge on any atom is 0.294 e. The molecule has 1 atom stereocenters. The highest BCUT2D eigenvalue weighted by molar-refractivity contribution is 7.85. The monoisotopic (exact) mass is 607 g/mol. The highest BCUT2D eigenvalue weighted by Gasteiger charge is 2.24. The molecule has 0 radical (unpaired) electrons. The molecule has 0 aliphatic heterocycles. The van der Waals surface area contributed by atoms with E-state index in [1.54, 1.807) is 6.07 Å². The van der Waals surface area contributed by atoms with Crippen molar-refractivity contribution in [3.8, 4) is 0 Å². The van der Waals surface area contributed by atoms with Crippen molar-refractivity contribution in [3.63, 3.8) is 0 Å². The predicted octanol–water partition coefficient (Wildman–Crippen LogP) is 12.9. The summed E-state index contributed by atoms with van der Waals surface area (Å²) in [6, 6.07) is 3.72. The number of unbranched alkanes of at least 4 members (excludes halogenated alkanes) is 21. The first-order valence-electron chi connectivity index (χ1n) is 18.5. The quantitative estimate of drug-likeness (QED) is 0.0729. The van der Waals surface area contributed by atoms with Gasteiger partial charge in [-0.25, -0.2) is 0 Å². The molecule has 246 valence electrons. The molecule has 1 aromatic rings. The largest absolute Gasteiger partial charge is 0.294 e. The number of benzene rings is 1. The Hall–Kier alpha value is -0.870. The van der Waals surface area contributed by atoms with Crippen LogP contribution in [-0.4, -0.2) is 13.0 Å². The van der Waals surface area contributed by atoms with E-state index in [1.807, 2.05) is 6.07 Å². The van der Waals surface area contributed by atoms with Crippen LogP contribution in [0.4, 0.5) is 0 Å². The Morgan fingerprint density at radius 2 is 0.929 bits per heavy atom. The first-order valence-corrected chi connectivity index (χ1v) is 19.9. The molecule has 0 bridgehead atoms. The van der Waals surface area contributed by atoms with E-state index >= 15 is 0 Å². The Balaban J connectivity index is 2.80. The summed E-state index contributed by atoms with van der Waals surface area (Å²) in [5, 5.41) is 0. The van der Waals surface area contributed by atoms with E-state index in [4.69, 9.17) is 0 Å². The molecule has 1 unspecified atom stereocenters. The SMILES string of the molecule is CCCCCCCCCCCCCCc1c(CCCCCC)ccc(S(=O)(=O)O)c1C(C)CCCCCCCCCC. The first kappa shape index (κ1) is 39.2. The van der Waals surface area contributed by atoms with Crippen molar-refractivity contribution in [1.82, 2.24) is 0 Å². The second-order valence-corrected chi connectivity index (χ2v) is 14.6. The van der Waals surface area contributed by atoms with E-state index in [1.165, 1.54) is 146 Å². The van der Waals surface area contributed by atoms with Crippen LogP contribution in [0.2, 0.25) is 0 Å². The number of hydrogen-bond donors (Lipinski definition) is 1. The lowest BCUT2D eigenvalue weighted by Gasteiger charge is -2.23. The Kier molecular flexibility index (Phi) is 23.7. The van der Waals surface area contributed by atoms with Gasteiger partial charge in [0.2, 0.25) is 0 Å². The second kappa shape index (κ2) is 25.5. The van der Waals surface area contributed by atoms with Gasteiger partial charge in [0.15, 0.2) is 0 Å². The van der Waals surface area contributed by atoms with Crippen LogP contribution in [0.1, 0.15) is 211 Å². The third-order valence-electron chi connectivity index (χ3n) is 9.26. The fourth-order valence-corrected chi connectivity index (χ4v) is 7.44. The third kappa shape index (κ3) is 18.1. The zero-order valence-electron chi connectivity index (χ0n) is 28.5. The first-order chi connectivity index (χ1) is 20.4. The van der Waals surface area contributed by atoms with Crippen molar-refractivity contribution in [2.45, 2.75) is 212 Å². The van der Waals surface area contributed by atoms with Gasteiger partial charge < -0.3 is 0 Å². The lowest BCUT2D eigenvalue weighted by molar-refractivity contribution is 0.478. The van der Waals surface area contributed by atoms with Gasteiger partial charge in [0.1, 0.15) is 0 Å². The van der Waals surface area contributed by atoms with Gasteiger partial charge in [0.25, 0.3) is 10.1 Å². The molecule has 0 aromatic heterocycles. The Morgan fingerprint density at radius 1 is 0.548 bits per heavy atom. The van der Waals surface area contributed by atoms with Crippen LogP contribution in [0.25, 0.3) is 0 Å². The summed E-state index contributed by atoms with van der Waals surface area (Å²) in [6.07, 6.45) is 33.8. The number of hydrogen-bond acceptors (Lipinski definition) is 2. The zero-order valence-corrected chi connectivity index (χ0v) is 29.3. The van der Waals surface area contributed by atoms with Crippen LogP contribution in [0.15, 0.2) is 17.0 Å². The van der Waals surface area contributed by atoms with Crippen LogP contribution < -0.4 is 0 Å². The summed E-state index contributed by atoms with van der Waals surface area (Å²) in [5.74, 6) is 0.143. The van der Waals surface area contributed by atoms with Crippen molar-refractivity contribution >= 4 is 10.1 Å². The Bertz CT molecular complexity index is 877. The van der Waals surface area contributed by atoms with Crippen molar-refractivity contribution in [2.24, 2.45) is 0 Å². The van der Waals surface area contributed by atoms with Gasteiger partial charge >= 0.3 is 0 Å². The van der Waals surface area contributed by atoms with Crippen molar-refractivity contribution < 1.29 is 13.0 Å². The maximum absolute atomic E-state index is 12.6. The summed E-state index contributed by atoms with van der Waals surface area (Å²) < 4.78 is 35.3. The zero-order chi connectivity index (χ0) is 30.9. The molecular formula is C38H70O3S. The van der Waals surface area contributed by atoms with Crippen molar-refractivity contribution in [3.05, 3.63) is 28.8 Å². The van der Waals surface area contributed by atoms with E-state index in [2.05, 4.69) is 27.7 Å². The molecule has 0 saturated heterocycles. The molecule has 0 aliphatic rings. The third-order valence-corrected chi connectivity index (χ3v) is 10.2. The van der Waals surface area contributed by atoms with Gasteiger partial charge in [0.05, 0.1) is 4.90 Å². The van der Waals surface area contributed by atoms with Crippen LogP contribution >= 0.6 is 0 Å². The molecule has 0 heterocycles. The Labute approximate surface area is 263 Å². The molecule has 0 amide bonds. The average Bonchev–Trinajstić information content (AvgIpc) is 2.96. The molecule has 0 aliphatic carbocycles. The highest BCUT2D eigenvalue weighted by atomic mass is 32.2. The standard InChI is InChI=1S/C38H70O3S/c1-5-8-11-14-16-18-19-20-21-23-25-28-31-36-35(30-27-13-10-7-3)32-33-37(42(39,40)41)38(36)34(4)29-26-24-22-17-15-12-9-6-2/h32-34H,5-31H2,1-4H3,(H,39,40,41). The molecule has 0 saturated carbocycles. The molecule has 42 heavy (non-hydrogen) atoms. The molecule has 1 aromatic carbocycles. The smallest absolute Gasteiger partial charge is 0.282 e. The minimum absolute atomic E-state index is 0.143. The summed E-state index contributed by atoms with van der Waals surface area (Å²) in [4.78, 5) is 0.167. The van der Waals surface area contributed by atoms with E-state index in [0.29, 0.717) is 0 Å². The molecule has 0 fully saturated rings. The van der Waals surface area contributed by atoms with Gasteiger partial charge in [-0.1, -0.05) is 175 Å². The topological polar surface area (TPSA) is 54.4 Å². The minimum atomic E-state index is -4.25. The normalized spacial score (nSPS) is 12.7. The summed E-state index contributed by atoms with van der Waals surface area (Å²) in [5.41, 5.74) is 3.48. The van der Waals surface area contributed by atoms with Gasteiger partial charge in [-0.2, -0.15) is 8.42 Å². The lowest BCUT2D eigenvalue weighted by atomic mass is 9.85. The fraction of sp³-hybridized carbons (Fsp3) is 0.842. The van der Waals surface area contributed by atoms with Gasteiger partial charge in [0, 0.05) is 0 Å². The maximum atomic E-state index is 12.6. The average molecular weight is 607 g/mol. The van der Waals surface area contributed by atoms with Crippen LogP contribution in [0.3, 0.4) is 0 Å². The molecule has 1 N–H and O–H groups in total. The van der Waals surface area contributed by atoms with Gasteiger partial charge in [-0.15, -0.1) is 0 Å². The van der Waals surface area contributed by atoms with E-state index in [0.717, 1.165) is 44.1 Å². The van der Waals surface area contributed by atoms with Crippen LogP contribution in [-0.2, 0) is 23.0 Å². The van der Waals surface area contributed by atoms with E-state index in [-0.39, 0.29) is 10.8 Å². The summed E-state index contributed by atoms with van der Waals surface area (Å²) in [7, 11) is -4.25. The molecule has 3 nitrogen and oxygen atoms in total. The molecular weight excluding hydrogens is 536 g/mol.